The molecule has 0 radical (unpaired) electrons. The van der Waals surface area contributed by atoms with Crippen molar-refractivity contribution < 1.29 is 4.79 Å². The summed E-state index contributed by atoms with van der Waals surface area (Å²) in [5.41, 5.74) is 0. The molecule has 2 atom stereocenters. The van der Waals surface area contributed by atoms with Crippen molar-refractivity contribution in [3.63, 3.8) is 0 Å². The topological polar surface area (TPSA) is 32.3 Å². The van der Waals surface area contributed by atoms with Crippen molar-refractivity contribution in [1.29, 1.82) is 0 Å². The van der Waals surface area contributed by atoms with Crippen LogP contribution in [0.5, 0.6) is 0 Å². The van der Waals surface area contributed by atoms with Gasteiger partial charge in [-0.3, -0.25) is 4.79 Å². The molecule has 1 unspecified atom stereocenters. The van der Waals surface area contributed by atoms with Crippen molar-refractivity contribution in [3.05, 3.63) is 0 Å². The molecule has 0 aromatic carbocycles. The zero-order valence-corrected chi connectivity index (χ0v) is 8.96. The lowest BCUT2D eigenvalue weighted by Crippen LogP contribution is -2.49. The SMILES string of the molecule is CC1CCCCN1C(=O)[C@@H]1CCCN1. The number of hydrogen-bond donors (Lipinski definition) is 1. The first kappa shape index (κ1) is 9.97. The summed E-state index contributed by atoms with van der Waals surface area (Å²) in [6.45, 7) is 4.16. The Morgan fingerprint density at radius 3 is 2.79 bits per heavy atom. The van der Waals surface area contributed by atoms with E-state index in [4.69, 9.17) is 0 Å². The number of carbonyl (C=O) groups excluding carboxylic acids is 1. The molecule has 2 heterocycles. The van der Waals surface area contributed by atoms with Crippen LogP contribution in [0.15, 0.2) is 0 Å². The number of rotatable bonds is 1. The molecule has 2 fully saturated rings. The van der Waals surface area contributed by atoms with Crippen LogP contribution in [0.4, 0.5) is 0 Å². The average molecular weight is 196 g/mol. The third-order valence-corrected chi connectivity index (χ3v) is 3.44. The fourth-order valence-corrected chi connectivity index (χ4v) is 2.52. The van der Waals surface area contributed by atoms with Gasteiger partial charge < -0.3 is 10.2 Å². The van der Waals surface area contributed by atoms with Gasteiger partial charge >= 0.3 is 0 Å². The zero-order valence-electron chi connectivity index (χ0n) is 8.96. The smallest absolute Gasteiger partial charge is 0.239 e. The Morgan fingerprint density at radius 2 is 2.14 bits per heavy atom. The highest BCUT2D eigenvalue weighted by atomic mass is 16.2. The third-order valence-electron chi connectivity index (χ3n) is 3.44. The van der Waals surface area contributed by atoms with Gasteiger partial charge in [-0.2, -0.15) is 0 Å². The molecule has 0 saturated carbocycles. The molecule has 14 heavy (non-hydrogen) atoms. The molecule has 1 N–H and O–H groups in total. The Bertz CT molecular complexity index is 211. The van der Waals surface area contributed by atoms with Gasteiger partial charge in [-0.1, -0.05) is 0 Å². The van der Waals surface area contributed by atoms with Crippen molar-refractivity contribution in [3.8, 4) is 0 Å². The predicted molar refractivity (Wildman–Crippen MR) is 56.1 cm³/mol. The van der Waals surface area contributed by atoms with Gasteiger partial charge in [-0.25, -0.2) is 0 Å². The minimum Gasteiger partial charge on any atom is -0.339 e. The second-order valence-corrected chi connectivity index (χ2v) is 4.53. The van der Waals surface area contributed by atoms with E-state index in [0.29, 0.717) is 11.9 Å². The number of piperidine rings is 1. The molecule has 2 aliphatic heterocycles. The maximum atomic E-state index is 12.1. The maximum absolute atomic E-state index is 12.1. The van der Waals surface area contributed by atoms with Gasteiger partial charge in [0.2, 0.25) is 5.91 Å². The standard InChI is InChI=1S/C11H20N2O/c1-9-5-2-3-8-13(9)11(14)10-6-4-7-12-10/h9-10,12H,2-8H2,1H3/t9?,10-/m0/s1. The summed E-state index contributed by atoms with van der Waals surface area (Å²) < 4.78 is 0. The Hall–Kier alpha value is -0.570. The molecule has 0 bridgehead atoms. The molecule has 3 heteroatoms. The van der Waals surface area contributed by atoms with Crippen molar-refractivity contribution in [1.82, 2.24) is 10.2 Å². The van der Waals surface area contributed by atoms with Gasteiger partial charge in [0, 0.05) is 12.6 Å². The fraction of sp³-hybridized carbons (Fsp3) is 0.909. The molecule has 2 saturated heterocycles. The molecule has 80 valence electrons. The highest BCUT2D eigenvalue weighted by Gasteiger charge is 2.30. The highest BCUT2D eigenvalue weighted by molar-refractivity contribution is 5.82. The molecule has 0 aromatic rings. The Morgan fingerprint density at radius 1 is 1.29 bits per heavy atom. The second-order valence-electron chi connectivity index (χ2n) is 4.53. The lowest BCUT2D eigenvalue weighted by molar-refractivity contribution is -0.136. The van der Waals surface area contributed by atoms with E-state index < -0.39 is 0 Å². The van der Waals surface area contributed by atoms with Gasteiger partial charge in [0.05, 0.1) is 6.04 Å². The van der Waals surface area contributed by atoms with Crippen LogP contribution in [0.25, 0.3) is 0 Å². The summed E-state index contributed by atoms with van der Waals surface area (Å²) in [5, 5.41) is 3.28. The van der Waals surface area contributed by atoms with E-state index in [1.165, 1.54) is 19.3 Å². The summed E-state index contributed by atoms with van der Waals surface area (Å²) in [5.74, 6) is 0.342. The van der Waals surface area contributed by atoms with Crippen LogP contribution in [0.2, 0.25) is 0 Å². The van der Waals surface area contributed by atoms with E-state index in [2.05, 4.69) is 17.1 Å². The highest BCUT2D eigenvalue weighted by Crippen LogP contribution is 2.19. The Kier molecular flexibility index (Phi) is 3.06. The summed E-state index contributed by atoms with van der Waals surface area (Å²) in [6.07, 6.45) is 5.82. The van der Waals surface area contributed by atoms with Gasteiger partial charge in [0.1, 0.15) is 0 Å². The lowest BCUT2D eigenvalue weighted by atomic mass is 10.0. The Balaban J connectivity index is 1.94. The van der Waals surface area contributed by atoms with Gasteiger partial charge in [0.25, 0.3) is 0 Å². The number of nitrogens with zero attached hydrogens (tertiary/aromatic N) is 1. The number of likely N-dealkylation sites (tertiary alicyclic amines) is 1. The maximum Gasteiger partial charge on any atom is 0.239 e. The average Bonchev–Trinajstić information content (AvgIpc) is 2.70. The van der Waals surface area contributed by atoms with Crippen LogP contribution in [0.1, 0.15) is 39.0 Å². The first-order chi connectivity index (χ1) is 6.79. The van der Waals surface area contributed by atoms with E-state index in [9.17, 15) is 4.79 Å². The normalized spacial score (nSPS) is 33.4. The summed E-state index contributed by atoms with van der Waals surface area (Å²) in [4.78, 5) is 14.2. The molecule has 2 rings (SSSR count). The van der Waals surface area contributed by atoms with Gasteiger partial charge in [-0.05, 0) is 45.6 Å². The molecule has 0 aromatic heterocycles. The molecular formula is C11H20N2O. The van der Waals surface area contributed by atoms with Gasteiger partial charge in [0.15, 0.2) is 0 Å². The lowest BCUT2D eigenvalue weighted by Gasteiger charge is -2.35. The predicted octanol–water partition coefficient (Wildman–Crippen LogP) is 1.14. The number of amides is 1. The van der Waals surface area contributed by atoms with E-state index in [1.807, 2.05) is 0 Å². The zero-order chi connectivity index (χ0) is 9.97. The van der Waals surface area contributed by atoms with Crippen molar-refractivity contribution in [2.75, 3.05) is 13.1 Å². The fourth-order valence-electron chi connectivity index (χ4n) is 2.52. The minimum atomic E-state index is 0.121. The second kappa shape index (κ2) is 4.30. The molecular weight excluding hydrogens is 176 g/mol. The van der Waals surface area contributed by atoms with E-state index >= 15 is 0 Å². The Labute approximate surface area is 85.8 Å². The number of hydrogen-bond acceptors (Lipinski definition) is 2. The van der Waals surface area contributed by atoms with Crippen LogP contribution in [0, 0.1) is 0 Å². The monoisotopic (exact) mass is 196 g/mol. The van der Waals surface area contributed by atoms with E-state index in [0.717, 1.165) is 25.9 Å². The summed E-state index contributed by atoms with van der Waals surface area (Å²) >= 11 is 0. The first-order valence-corrected chi connectivity index (χ1v) is 5.83. The van der Waals surface area contributed by atoms with Crippen molar-refractivity contribution in [2.24, 2.45) is 0 Å². The van der Waals surface area contributed by atoms with E-state index in [1.54, 1.807) is 0 Å². The van der Waals surface area contributed by atoms with Gasteiger partial charge in [-0.15, -0.1) is 0 Å². The largest absolute Gasteiger partial charge is 0.339 e. The minimum absolute atomic E-state index is 0.121. The molecule has 1 amide bonds. The van der Waals surface area contributed by atoms with E-state index in [-0.39, 0.29) is 6.04 Å². The molecule has 2 aliphatic rings. The number of carbonyl (C=O) groups is 1. The summed E-state index contributed by atoms with van der Waals surface area (Å²) in [7, 11) is 0. The van der Waals surface area contributed by atoms with Crippen LogP contribution < -0.4 is 5.32 Å². The molecule has 3 nitrogen and oxygen atoms in total. The van der Waals surface area contributed by atoms with Crippen LogP contribution >= 0.6 is 0 Å². The molecule has 0 spiro atoms. The summed E-state index contributed by atoms with van der Waals surface area (Å²) in [6, 6.07) is 0.578. The van der Waals surface area contributed by atoms with Crippen LogP contribution in [0.3, 0.4) is 0 Å². The first-order valence-electron chi connectivity index (χ1n) is 5.83. The molecule has 0 aliphatic carbocycles. The number of nitrogens with one attached hydrogen (secondary N) is 1. The van der Waals surface area contributed by atoms with Crippen LogP contribution in [-0.2, 0) is 4.79 Å². The van der Waals surface area contributed by atoms with Crippen LogP contribution in [-0.4, -0.2) is 36.0 Å². The van der Waals surface area contributed by atoms with Crippen molar-refractivity contribution in [2.45, 2.75) is 51.1 Å². The third kappa shape index (κ3) is 1.92. The quantitative estimate of drug-likeness (QED) is 0.682. The van der Waals surface area contributed by atoms with Crippen molar-refractivity contribution >= 4 is 5.91 Å².